The number of nitrogens with two attached hydrogens (primary N) is 1. The predicted octanol–water partition coefficient (Wildman–Crippen LogP) is -0.460. The molecule has 0 rings (SSSR count). The fraction of sp³-hybridized carbons (Fsp3) is 0.875. The number of hydrogen-bond donors (Lipinski definition) is 1. The zero-order valence-corrected chi connectivity index (χ0v) is 8.12. The van der Waals surface area contributed by atoms with Crippen LogP contribution in [-0.4, -0.2) is 46.1 Å². The van der Waals surface area contributed by atoms with Crippen molar-refractivity contribution in [1.82, 2.24) is 0 Å². The average molecular weight is 191 g/mol. The van der Waals surface area contributed by atoms with Crippen LogP contribution < -0.4 is 5.73 Å². The molecule has 5 heteroatoms. The topological polar surface area (TPSA) is 70.8 Å². The summed E-state index contributed by atoms with van der Waals surface area (Å²) in [6.07, 6.45) is 0.184. The van der Waals surface area contributed by atoms with Gasteiger partial charge >= 0.3 is 5.97 Å². The molecule has 0 amide bonds. The first-order chi connectivity index (χ1) is 6.20. The molecule has 0 aliphatic heterocycles. The molecule has 1 atom stereocenters. The van der Waals surface area contributed by atoms with Gasteiger partial charge in [0.25, 0.3) is 0 Å². The predicted molar refractivity (Wildman–Crippen MR) is 47.3 cm³/mol. The van der Waals surface area contributed by atoms with E-state index in [0.717, 1.165) is 0 Å². The molecule has 13 heavy (non-hydrogen) atoms. The van der Waals surface area contributed by atoms with E-state index in [4.69, 9.17) is 15.2 Å². The molecule has 0 aliphatic rings. The van der Waals surface area contributed by atoms with Gasteiger partial charge in [0.05, 0.1) is 33.4 Å². The second kappa shape index (κ2) is 7.97. The van der Waals surface area contributed by atoms with E-state index in [1.54, 1.807) is 7.11 Å². The molecule has 0 heterocycles. The van der Waals surface area contributed by atoms with E-state index in [2.05, 4.69) is 4.74 Å². The molecule has 0 saturated heterocycles. The summed E-state index contributed by atoms with van der Waals surface area (Å²) in [7, 11) is 2.93. The Kier molecular flexibility index (Phi) is 7.57. The van der Waals surface area contributed by atoms with Gasteiger partial charge in [-0.2, -0.15) is 0 Å². The van der Waals surface area contributed by atoms with Crippen molar-refractivity contribution in [3.63, 3.8) is 0 Å². The first kappa shape index (κ1) is 12.3. The van der Waals surface area contributed by atoms with Gasteiger partial charge in [-0.25, -0.2) is 0 Å². The van der Waals surface area contributed by atoms with Crippen LogP contribution in [0.1, 0.15) is 6.42 Å². The fourth-order valence-electron chi connectivity index (χ4n) is 0.733. The normalized spacial score (nSPS) is 12.5. The molecule has 0 aliphatic carbocycles. The molecule has 2 N–H and O–H groups in total. The Bertz CT molecular complexity index is 140. The van der Waals surface area contributed by atoms with Crippen LogP contribution in [0.25, 0.3) is 0 Å². The highest BCUT2D eigenvalue weighted by Crippen LogP contribution is 1.92. The van der Waals surface area contributed by atoms with E-state index in [1.165, 1.54) is 7.11 Å². The summed E-state index contributed by atoms with van der Waals surface area (Å²) >= 11 is 0. The van der Waals surface area contributed by atoms with Crippen LogP contribution in [-0.2, 0) is 19.0 Å². The summed E-state index contributed by atoms with van der Waals surface area (Å²) < 4.78 is 14.3. The van der Waals surface area contributed by atoms with Gasteiger partial charge in [0.15, 0.2) is 0 Å². The Morgan fingerprint density at radius 1 is 1.38 bits per heavy atom. The van der Waals surface area contributed by atoms with Crippen LogP contribution in [0.4, 0.5) is 0 Å². The molecule has 78 valence electrons. The molecule has 0 spiro atoms. The maximum Gasteiger partial charge on any atom is 0.307 e. The Morgan fingerprint density at radius 2 is 2.08 bits per heavy atom. The SMILES string of the molecule is COCCOCC(N)CC(=O)OC. The van der Waals surface area contributed by atoms with Crippen LogP contribution in [0.15, 0.2) is 0 Å². The van der Waals surface area contributed by atoms with Crippen molar-refractivity contribution < 1.29 is 19.0 Å². The molecule has 0 aromatic carbocycles. The molecule has 0 bridgehead atoms. The number of carbonyl (C=O) groups excluding carboxylic acids is 1. The number of esters is 1. The van der Waals surface area contributed by atoms with Crippen LogP contribution in [0, 0.1) is 0 Å². The van der Waals surface area contributed by atoms with Gasteiger partial charge in [-0.05, 0) is 0 Å². The third kappa shape index (κ3) is 7.70. The number of rotatable bonds is 7. The van der Waals surface area contributed by atoms with Gasteiger partial charge in [0, 0.05) is 13.2 Å². The van der Waals surface area contributed by atoms with Gasteiger partial charge < -0.3 is 19.9 Å². The van der Waals surface area contributed by atoms with Crippen molar-refractivity contribution in [3.05, 3.63) is 0 Å². The molecule has 5 nitrogen and oxygen atoms in total. The molecule has 1 unspecified atom stereocenters. The van der Waals surface area contributed by atoms with Gasteiger partial charge in [0.1, 0.15) is 0 Å². The Morgan fingerprint density at radius 3 is 2.62 bits per heavy atom. The third-order valence-electron chi connectivity index (χ3n) is 1.42. The first-order valence-corrected chi connectivity index (χ1v) is 4.09. The number of carbonyl (C=O) groups is 1. The van der Waals surface area contributed by atoms with Crippen LogP contribution in [0.2, 0.25) is 0 Å². The minimum Gasteiger partial charge on any atom is -0.469 e. The number of hydrogen-bond acceptors (Lipinski definition) is 5. The molecular weight excluding hydrogens is 174 g/mol. The standard InChI is InChI=1S/C8H17NO4/c1-11-3-4-13-6-7(9)5-8(10)12-2/h7H,3-6,9H2,1-2H3. The van der Waals surface area contributed by atoms with E-state index in [1.807, 2.05) is 0 Å². The Labute approximate surface area is 78.1 Å². The average Bonchev–Trinajstić information content (AvgIpc) is 2.12. The lowest BCUT2D eigenvalue weighted by molar-refractivity contribution is -0.141. The van der Waals surface area contributed by atoms with Crippen molar-refractivity contribution in [2.24, 2.45) is 5.73 Å². The van der Waals surface area contributed by atoms with Crippen molar-refractivity contribution in [2.45, 2.75) is 12.5 Å². The van der Waals surface area contributed by atoms with Crippen LogP contribution >= 0.6 is 0 Å². The Balaban J connectivity index is 3.29. The summed E-state index contributed by atoms with van der Waals surface area (Å²) in [5, 5.41) is 0. The van der Waals surface area contributed by atoms with Crippen LogP contribution in [0.5, 0.6) is 0 Å². The highest BCUT2D eigenvalue weighted by atomic mass is 16.5. The minimum atomic E-state index is -0.317. The quantitative estimate of drug-likeness (QED) is 0.435. The largest absolute Gasteiger partial charge is 0.469 e. The van der Waals surface area contributed by atoms with Crippen molar-refractivity contribution in [3.8, 4) is 0 Å². The molecule has 0 fully saturated rings. The summed E-state index contributed by atoms with van der Waals surface area (Å²) in [4.78, 5) is 10.7. The van der Waals surface area contributed by atoms with Gasteiger partial charge in [-0.3, -0.25) is 4.79 Å². The summed E-state index contributed by atoms with van der Waals surface area (Å²) in [6, 6.07) is -0.302. The molecule has 0 aromatic rings. The summed E-state index contributed by atoms with van der Waals surface area (Å²) in [5.41, 5.74) is 5.57. The molecule has 0 saturated carbocycles. The first-order valence-electron chi connectivity index (χ1n) is 4.09. The second-order valence-corrected chi connectivity index (χ2v) is 2.61. The maximum atomic E-state index is 10.7. The zero-order chi connectivity index (χ0) is 10.1. The van der Waals surface area contributed by atoms with Crippen molar-refractivity contribution >= 4 is 5.97 Å². The van der Waals surface area contributed by atoms with E-state index < -0.39 is 0 Å². The smallest absolute Gasteiger partial charge is 0.307 e. The highest BCUT2D eigenvalue weighted by Gasteiger charge is 2.08. The van der Waals surface area contributed by atoms with Gasteiger partial charge in [-0.15, -0.1) is 0 Å². The lowest BCUT2D eigenvalue weighted by Crippen LogP contribution is -2.30. The third-order valence-corrected chi connectivity index (χ3v) is 1.42. The van der Waals surface area contributed by atoms with E-state index >= 15 is 0 Å². The lowest BCUT2D eigenvalue weighted by atomic mass is 10.2. The monoisotopic (exact) mass is 191 g/mol. The molecule has 0 aromatic heterocycles. The van der Waals surface area contributed by atoms with Crippen LogP contribution in [0.3, 0.4) is 0 Å². The molecule has 0 radical (unpaired) electrons. The van der Waals surface area contributed by atoms with Crippen molar-refractivity contribution in [1.29, 1.82) is 0 Å². The number of ether oxygens (including phenoxy) is 3. The van der Waals surface area contributed by atoms with Gasteiger partial charge in [-0.1, -0.05) is 0 Å². The number of methoxy groups -OCH3 is 2. The second-order valence-electron chi connectivity index (χ2n) is 2.61. The minimum absolute atomic E-state index is 0.184. The summed E-state index contributed by atoms with van der Waals surface area (Å²) in [6.45, 7) is 1.37. The van der Waals surface area contributed by atoms with E-state index in [-0.39, 0.29) is 18.4 Å². The van der Waals surface area contributed by atoms with Crippen molar-refractivity contribution in [2.75, 3.05) is 34.0 Å². The van der Waals surface area contributed by atoms with E-state index in [9.17, 15) is 4.79 Å². The highest BCUT2D eigenvalue weighted by molar-refractivity contribution is 5.69. The van der Waals surface area contributed by atoms with E-state index in [0.29, 0.717) is 19.8 Å². The molecular formula is C8H17NO4. The summed E-state index contributed by atoms with van der Waals surface area (Å²) in [5.74, 6) is -0.317. The fourth-order valence-corrected chi connectivity index (χ4v) is 0.733. The Hall–Kier alpha value is -0.650. The maximum absolute atomic E-state index is 10.7. The lowest BCUT2D eigenvalue weighted by Gasteiger charge is -2.10. The van der Waals surface area contributed by atoms with Gasteiger partial charge in [0.2, 0.25) is 0 Å². The zero-order valence-electron chi connectivity index (χ0n) is 8.12.